The molecule has 0 saturated carbocycles. The molecule has 0 fully saturated rings. The van der Waals surface area contributed by atoms with E-state index < -0.39 is 0 Å². The van der Waals surface area contributed by atoms with Gasteiger partial charge in [0.25, 0.3) is 0 Å². The zero-order valence-electron chi connectivity index (χ0n) is 30.4. The maximum absolute atomic E-state index is 4.50. The van der Waals surface area contributed by atoms with Gasteiger partial charge in [-0.05, 0) is 62.7 Å². The molecule has 4 N–H and O–H groups in total. The summed E-state index contributed by atoms with van der Waals surface area (Å²) in [5.41, 5.74) is 11.2. The summed E-state index contributed by atoms with van der Waals surface area (Å²) in [5.74, 6) is 2.15. The number of hydrogen-bond acceptors (Lipinski definition) is 8. The van der Waals surface area contributed by atoms with Gasteiger partial charge in [-0.3, -0.25) is 0 Å². The van der Waals surface area contributed by atoms with Crippen LogP contribution in [0.1, 0.15) is 127 Å². The minimum absolute atomic E-state index is 0. The van der Waals surface area contributed by atoms with Crippen LogP contribution in [0.5, 0.6) is 0 Å². The van der Waals surface area contributed by atoms with E-state index in [4.69, 9.17) is 0 Å². The second kappa shape index (κ2) is 41.9. The molecule has 0 spiro atoms. The maximum Gasteiger partial charge on any atom is 2.00 e. The average molecular weight is 662 g/mol. The molecule has 0 saturated heterocycles. The Morgan fingerprint density at radius 3 is 0.727 bits per heavy atom. The molecule has 0 aromatic carbocycles. The fourth-order valence-electron chi connectivity index (χ4n) is 2.33. The first kappa shape index (κ1) is 53.3. The molecule has 2 aliphatic rings. The quantitative estimate of drug-likeness (QED) is 0.155. The summed E-state index contributed by atoms with van der Waals surface area (Å²) in [6.07, 6.45) is 8.37. The van der Waals surface area contributed by atoms with Crippen molar-refractivity contribution >= 4 is 46.9 Å². The summed E-state index contributed by atoms with van der Waals surface area (Å²) in [6, 6.07) is 7.12. The minimum atomic E-state index is 0. The van der Waals surface area contributed by atoms with E-state index in [0.717, 1.165) is 0 Å². The third-order valence-electron chi connectivity index (χ3n) is 3.36. The van der Waals surface area contributed by atoms with Gasteiger partial charge in [0.2, 0.25) is 0 Å². The molecule has 5 rings (SSSR count). The summed E-state index contributed by atoms with van der Waals surface area (Å²) >= 11 is 0. The smallest absolute Gasteiger partial charge is 0.358 e. The van der Waals surface area contributed by atoms with Crippen LogP contribution in [0.25, 0.3) is 46.9 Å². The molecule has 0 atom stereocenters. The fraction of sp³-hybridized carbons (Fsp3) is 0.515. The van der Waals surface area contributed by atoms with Crippen molar-refractivity contribution < 1.29 is 17.1 Å². The number of fused-ring (bicyclic) bond motifs is 8. The summed E-state index contributed by atoms with van der Waals surface area (Å²) in [5, 5.41) is 0. The molecule has 0 unspecified atom stereocenters. The number of rotatable bonds is 0. The number of nitrogens with zero attached hydrogens (tertiary/aromatic N) is 8. The molecule has 255 valence electrons. The third-order valence-corrected chi connectivity index (χ3v) is 3.36. The molecular formula is C33H62CuN10. The van der Waals surface area contributed by atoms with Crippen LogP contribution >= 0.6 is 0 Å². The van der Waals surface area contributed by atoms with Gasteiger partial charge >= 0.3 is 17.1 Å². The molecule has 2 aliphatic heterocycles. The van der Waals surface area contributed by atoms with Gasteiger partial charge in [-0.2, -0.15) is 0 Å². The largest absolute Gasteiger partial charge is 2.00 e. The van der Waals surface area contributed by atoms with Crippen LogP contribution in [-0.4, -0.2) is 44.0 Å². The van der Waals surface area contributed by atoms with Gasteiger partial charge in [-0.15, -0.1) is 0 Å². The van der Waals surface area contributed by atoms with Crippen molar-refractivity contribution in [1.82, 2.24) is 39.9 Å². The average Bonchev–Trinajstić information content (AvgIpc) is 3.93. The molecule has 8 bridgehead atoms. The van der Waals surface area contributed by atoms with Gasteiger partial charge in [0.1, 0.15) is 0 Å². The Kier molecular flexibility index (Phi) is 50.8. The normalized spacial score (nSPS) is 8.41. The molecule has 5 heterocycles. The first-order chi connectivity index (χ1) is 21.2. The first-order valence-electron chi connectivity index (χ1n) is 15.8. The summed E-state index contributed by atoms with van der Waals surface area (Å²) in [4.78, 5) is 34.8. The predicted octanol–water partition coefficient (Wildman–Crippen LogP) is 8.21. The number of nitrogens with two attached hydrogens (primary N) is 2. The van der Waals surface area contributed by atoms with Gasteiger partial charge in [0.05, 0.1) is 23.3 Å². The Hall–Kier alpha value is -3.24. The van der Waals surface area contributed by atoms with Crippen molar-refractivity contribution in [2.45, 2.75) is 103 Å². The van der Waals surface area contributed by atoms with E-state index in [-0.39, 0.29) is 17.1 Å². The SMILES string of the molecule is C1=Cc2nc1nc1ccc(nc3nc(nc4ccc(n2)[n-]4)C=C3)[n-]1.CC.CC.CC.CC.CC.CC.CCC.CN.CN.[Cu+2]. The zero-order chi connectivity index (χ0) is 34.6. The van der Waals surface area contributed by atoms with Gasteiger partial charge in [0, 0.05) is 22.6 Å². The van der Waals surface area contributed by atoms with Crippen molar-refractivity contribution in [2.24, 2.45) is 11.5 Å². The van der Waals surface area contributed by atoms with Crippen LogP contribution in [0.4, 0.5) is 0 Å². The summed E-state index contributed by atoms with van der Waals surface area (Å²) < 4.78 is 0. The van der Waals surface area contributed by atoms with Crippen LogP contribution in [0.3, 0.4) is 0 Å². The van der Waals surface area contributed by atoms with Crippen molar-refractivity contribution in [3.8, 4) is 0 Å². The van der Waals surface area contributed by atoms with Crippen molar-refractivity contribution in [3.05, 3.63) is 47.6 Å². The van der Waals surface area contributed by atoms with Crippen LogP contribution < -0.4 is 21.4 Å². The first-order valence-corrected chi connectivity index (χ1v) is 15.8. The minimum Gasteiger partial charge on any atom is -0.358 e. The van der Waals surface area contributed by atoms with E-state index in [0.29, 0.717) is 45.9 Å². The van der Waals surface area contributed by atoms with E-state index in [1.807, 2.05) is 83.1 Å². The Bertz CT molecular complexity index is 1020. The standard InChI is InChI=1S/C16H8N8.C3H8.6C2H6.2CH5N.Cu/c1-2-10-17-9(1)21-11-3-4-13(18-11)23-15-7-8-16(20-15)24-14-6-5-12(19-14)22-10;1-3-2;8*1-2;/h1-8H;3H2,1-2H3;6*1-2H3;2*2H2,1H3;/q-2;;;;;;;;;;+2. The molecule has 44 heavy (non-hydrogen) atoms. The van der Waals surface area contributed by atoms with Crippen molar-refractivity contribution in [2.75, 3.05) is 14.1 Å². The second-order valence-electron chi connectivity index (χ2n) is 5.80. The van der Waals surface area contributed by atoms with E-state index in [1.165, 1.54) is 20.5 Å². The van der Waals surface area contributed by atoms with E-state index in [9.17, 15) is 0 Å². The number of hydrogen-bond donors (Lipinski definition) is 2. The molecule has 11 heteroatoms. The second-order valence-corrected chi connectivity index (χ2v) is 5.80. The monoisotopic (exact) mass is 661 g/mol. The van der Waals surface area contributed by atoms with E-state index in [1.54, 1.807) is 48.6 Å². The molecule has 3 aromatic rings. The summed E-state index contributed by atoms with van der Waals surface area (Å²) in [6.45, 7) is 28.2. The Morgan fingerprint density at radius 2 is 0.568 bits per heavy atom. The number of aromatic nitrogens is 8. The predicted molar refractivity (Wildman–Crippen MR) is 192 cm³/mol. The molecule has 3 aromatic heterocycles. The van der Waals surface area contributed by atoms with Gasteiger partial charge in [-0.1, -0.05) is 103 Å². The molecule has 0 amide bonds. The van der Waals surface area contributed by atoms with Crippen LogP contribution in [-0.2, 0) is 17.1 Å². The van der Waals surface area contributed by atoms with Gasteiger partial charge < -0.3 is 41.4 Å². The van der Waals surface area contributed by atoms with Crippen molar-refractivity contribution in [1.29, 1.82) is 0 Å². The van der Waals surface area contributed by atoms with E-state index in [2.05, 4.69) is 65.2 Å². The van der Waals surface area contributed by atoms with Gasteiger partial charge in [-0.25, -0.2) is 9.97 Å². The fourth-order valence-corrected chi connectivity index (χ4v) is 2.33. The molecule has 1 radical (unpaired) electrons. The van der Waals surface area contributed by atoms with Crippen LogP contribution in [0.2, 0.25) is 0 Å². The zero-order valence-corrected chi connectivity index (χ0v) is 31.3. The Balaban J connectivity index is -0.000000156. The third kappa shape index (κ3) is 23.2. The Labute approximate surface area is 279 Å². The molecular weight excluding hydrogens is 600 g/mol. The topological polar surface area (TPSA) is 158 Å². The molecule has 0 aliphatic carbocycles. The van der Waals surface area contributed by atoms with Crippen LogP contribution in [0.15, 0.2) is 24.3 Å². The van der Waals surface area contributed by atoms with E-state index >= 15 is 0 Å². The summed E-state index contributed by atoms with van der Waals surface area (Å²) in [7, 11) is 3.00. The maximum atomic E-state index is 4.50. The molecule has 10 nitrogen and oxygen atoms in total. The van der Waals surface area contributed by atoms with Gasteiger partial charge in [0.15, 0.2) is 0 Å². The van der Waals surface area contributed by atoms with Crippen LogP contribution in [0, 0.1) is 0 Å². The Morgan fingerprint density at radius 1 is 0.409 bits per heavy atom. The van der Waals surface area contributed by atoms with Crippen molar-refractivity contribution in [3.63, 3.8) is 0 Å².